The minimum absolute atomic E-state index is 0.00399. The van der Waals surface area contributed by atoms with E-state index in [0.29, 0.717) is 5.76 Å². The fourth-order valence-corrected chi connectivity index (χ4v) is 1.59. The summed E-state index contributed by atoms with van der Waals surface area (Å²) in [5.41, 5.74) is -0.00399. The van der Waals surface area contributed by atoms with Crippen molar-refractivity contribution in [3.05, 3.63) is 48.2 Å². The molecule has 7 nitrogen and oxygen atoms in total. The first kappa shape index (κ1) is 14.6. The molecule has 110 valence electrons. The lowest BCUT2D eigenvalue weighted by Crippen LogP contribution is -2.35. The fraction of sp³-hybridized carbons (Fsp3) is 0.214. The number of rotatable bonds is 6. The maximum atomic E-state index is 11.8. The van der Waals surface area contributed by atoms with E-state index in [2.05, 4.69) is 10.3 Å². The lowest BCUT2D eigenvalue weighted by Gasteiger charge is -2.14. The number of carboxylic acids is 1. The molecule has 0 fully saturated rings. The van der Waals surface area contributed by atoms with Crippen molar-refractivity contribution in [3.63, 3.8) is 0 Å². The number of carboxylic acid groups (broad SMARTS) is 1. The summed E-state index contributed by atoms with van der Waals surface area (Å²) in [5, 5.41) is 11.5. The Hall–Kier alpha value is -2.83. The van der Waals surface area contributed by atoms with E-state index in [1.54, 1.807) is 19.1 Å². The maximum absolute atomic E-state index is 11.8. The second-order valence-corrected chi connectivity index (χ2v) is 4.27. The number of hydrogen-bond donors (Lipinski definition) is 2. The Morgan fingerprint density at radius 1 is 1.48 bits per heavy atom. The van der Waals surface area contributed by atoms with Crippen LogP contribution in [0.3, 0.4) is 0 Å². The van der Waals surface area contributed by atoms with E-state index < -0.39 is 12.1 Å². The topological polar surface area (TPSA) is 102 Å². The van der Waals surface area contributed by atoms with Gasteiger partial charge in [0.05, 0.1) is 24.6 Å². The molecular weight excluding hydrogens is 276 g/mol. The molecule has 0 bridgehead atoms. The highest BCUT2D eigenvalue weighted by atomic mass is 16.5. The number of hydrogen-bond acceptors (Lipinski definition) is 5. The van der Waals surface area contributed by atoms with Gasteiger partial charge in [0, 0.05) is 6.20 Å². The molecule has 2 aromatic heterocycles. The van der Waals surface area contributed by atoms with Gasteiger partial charge in [-0.1, -0.05) is 0 Å². The molecule has 0 aliphatic carbocycles. The summed E-state index contributed by atoms with van der Waals surface area (Å²) in [5.74, 6) is -0.601. The zero-order valence-electron chi connectivity index (χ0n) is 11.3. The van der Waals surface area contributed by atoms with Gasteiger partial charge in [-0.2, -0.15) is 0 Å². The quantitative estimate of drug-likeness (QED) is 0.835. The first-order valence-corrected chi connectivity index (χ1v) is 6.21. The Bertz CT molecular complexity index is 624. The molecule has 0 saturated heterocycles. The minimum atomic E-state index is -1.11. The summed E-state index contributed by atoms with van der Waals surface area (Å²) in [6.45, 7) is 1.82. The predicted molar refractivity (Wildman–Crippen MR) is 71.8 cm³/mol. The van der Waals surface area contributed by atoms with Crippen LogP contribution in [0.15, 0.2) is 41.3 Å². The number of aromatic nitrogens is 1. The monoisotopic (exact) mass is 290 g/mol. The van der Waals surface area contributed by atoms with Gasteiger partial charge in [-0.25, -0.2) is 4.79 Å². The molecule has 7 heteroatoms. The van der Waals surface area contributed by atoms with Crippen molar-refractivity contribution in [1.82, 2.24) is 10.3 Å². The molecule has 0 spiro atoms. The molecule has 0 aliphatic rings. The molecule has 1 amide bonds. The zero-order chi connectivity index (χ0) is 15.2. The van der Waals surface area contributed by atoms with Crippen LogP contribution in [0, 0.1) is 0 Å². The molecular formula is C14H14N2O5. The van der Waals surface area contributed by atoms with Crippen LogP contribution in [0.5, 0.6) is 5.75 Å². The van der Waals surface area contributed by atoms with Gasteiger partial charge in [0.1, 0.15) is 11.5 Å². The van der Waals surface area contributed by atoms with Crippen molar-refractivity contribution in [1.29, 1.82) is 0 Å². The SMILES string of the molecule is CC(Oc1cncc(C(=O)O)c1)C(=O)NCc1ccco1. The van der Waals surface area contributed by atoms with E-state index >= 15 is 0 Å². The Balaban J connectivity index is 1.91. The normalized spacial score (nSPS) is 11.7. The third-order valence-corrected chi connectivity index (χ3v) is 2.66. The number of ether oxygens (including phenoxy) is 1. The summed E-state index contributed by atoms with van der Waals surface area (Å²) >= 11 is 0. The highest BCUT2D eigenvalue weighted by molar-refractivity contribution is 5.87. The molecule has 0 saturated carbocycles. The number of furan rings is 1. The Labute approximate surface area is 120 Å². The van der Waals surface area contributed by atoms with Crippen molar-refractivity contribution < 1.29 is 23.8 Å². The maximum Gasteiger partial charge on any atom is 0.337 e. The van der Waals surface area contributed by atoms with Crippen molar-refractivity contribution in [2.45, 2.75) is 19.6 Å². The van der Waals surface area contributed by atoms with Crippen molar-refractivity contribution in [2.24, 2.45) is 0 Å². The van der Waals surface area contributed by atoms with Crippen LogP contribution in [0.1, 0.15) is 23.0 Å². The van der Waals surface area contributed by atoms with E-state index in [-0.39, 0.29) is 23.8 Å². The smallest absolute Gasteiger partial charge is 0.337 e. The third kappa shape index (κ3) is 4.07. The number of nitrogens with one attached hydrogen (secondary N) is 1. The molecule has 0 aromatic carbocycles. The first-order valence-electron chi connectivity index (χ1n) is 6.21. The lowest BCUT2D eigenvalue weighted by atomic mass is 10.3. The van der Waals surface area contributed by atoms with Crippen molar-refractivity contribution >= 4 is 11.9 Å². The first-order chi connectivity index (χ1) is 10.1. The largest absolute Gasteiger partial charge is 0.479 e. The Morgan fingerprint density at radius 2 is 2.29 bits per heavy atom. The fourth-order valence-electron chi connectivity index (χ4n) is 1.59. The Morgan fingerprint density at radius 3 is 2.95 bits per heavy atom. The molecule has 0 radical (unpaired) electrons. The molecule has 2 heterocycles. The minimum Gasteiger partial charge on any atom is -0.479 e. The molecule has 21 heavy (non-hydrogen) atoms. The molecule has 1 unspecified atom stereocenters. The van der Waals surface area contributed by atoms with E-state index in [9.17, 15) is 9.59 Å². The summed E-state index contributed by atoms with van der Waals surface area (Å²) in [6, 6.07) is 4.78. The summed E-state index contributed by atoms with van der Waals surface area (Å²) in [6.07, 6.45) is 3.29. The summed E-state index contributed by atoms with van der Waals surface area (Å²) in [7, 11) is 0. The molecule has 2 N–H and O–H groups in total. The Kier molecular flexibility index (Phi) is 4.55. The molecule has 2 aromatic rings. The van der Waals surface area contributed by atoms with E-state index in [0.717, 1.165) is 0 Å². The molecule has 0 aliphatic heterocycles. The third-order valence-electron chi connectivity index (χ3n) is 2.66. The van der Waals surface area contributed by atoms with Gasteiger partial charge >= 0.3 is 5.97 Å². The average Bonchev–Trinajstić information content (AvgIpc) is 2.98. The van der Waals surface area contributed by atoms with Crippen LogP contribution in [-0.2, 0) is 11.3 Å². The van der Waals surface area contributed by atoms with Crippen molar-refractivity contribution in [3.8, 4) is 5.75 Å². The standard InChI is InChI=1S/C14H14N2O5/c1-9(13(17)16-8-11-3-2-4-20-11)21-12-5-10(14(18)19)6-15-7-12/h2-7,9H,8H2,1H3,(H,16,17)(H,18,19). The zero-order valence-corrected chi connectivity index (χ0v) is 11.3. The van der Waals surface area contributed by atoms with E-state index in [1.807, 2.05) is 0 Å². The number of nitrogens with zero attached hydrogens (tertiary/aromatic N) is 1. The number of aromatic carboxylic acids is 1. The van der Waals surface area contributed by atoms with Crippen LogP contribution in [0.25, 0.3) is 0 Å². The number of pyridine rings is 1. The van der Waals surface area contributed by atoms with Gasteiger partial charge in [-0.15, -0.1) is 0 Å². The second kappa shape index (κ2) is 6.56. The van der Waals surface area contributed by atoms with Gasteiger partial charge in [0.2, 0.25) is 0 Å². The van der Waals surface area contributed by atoms with Crippen LogP contribution in [-0.4, -0.2) is 28.1 Å². The summed E-state index contributed by atoms with van der Waals surface area (Å²) in [4.78, 5) is 26.4. The lowest BCUT2D eigenvalue weighted by molar-refractivity contribution is -0.127. The van der Waals surface area contributed by atoms with E-state index in [1.165, 1.54) is 24.7 Å². The van der Waals surface area contributed by atoms with Gasteiger partial charge in [0.15, 0.2) is 6.10 Å². The predicted octanol–water partition coefficient (Wildman–Crippen LogP) is 1.46. The van der Waals surface area contributed by atoms with Gasteiger partial charge < -0.3 is 19.6 Å². The molecule has 1 atom stereocenters. The van der Waals surface area contributed by atoms with Crippen LogP contribution in [0.4, 0.5) is 0 Å². The highest BCUT2D eigenvalue weighted by Gasteiger charge is 2.15. The van der Waals surface area contributed by atoms with Crippen LogP contribution in [0.2, 0.25) is 0 Å². The summed E-state index contributed by atoms with van der Waals surface area (Å²) < 4.78 is 10.5. The van der Waals surface area contributed by atoms with Gasteiger partial charge in [-0.3, -0.25) is 9.78 Å². The number of carbonyl (C=O) groups is 2. The van der Waals surface area contributed by atoms with Gasteiger partial charge in [-0.05, 0) is 25.1 Å². The van der Waals surface area contributed by atoms with E-state index in [4.69, 9.17) is 14.3 Å². The second-order valence-electron chi connectivity index (χ2n) is 4.27. The van der Waals surface area contributed by atoms with Crippen LogP contribution < -0.4 is 10.1 Å². The van der Waals surface area contributed by atoms with Crippen molar-refractivity contribution in [2.75, 3.05) is 0 Å². The highest BCUT2D eigenvalue weighted by Crippen LogP contribution is 2.13. The average molecular weight is 290 g/mol. The van der Waals surface area contributed by atoms with Crippen LogP contribution >= 0.6 is 0 Å². The molecule has 2 rings (SSSR count). The number of carbonyl (C=O) groups excluding carboxylic acids is 1. The van der Waals surface area contributed by atoms with Gasteiger partial charge in [0.25, 0.3) is 5.91 Å². The number of amides is 1.